The van der Waals surface area contributed by atoms with Crippen LogP contribution >= 0.6 is 0 Å². The van der Waals surface area contributed by atoms with Crippen molar-refractivity contribution in [1.82, 2.24) is 4.90 Å². The van der Waals surface area contributed by atoms with Crippen LogP contribution in [0, 0.1) is 6.92 Å². The summed E-state index contributed by atoms with van der Waals surface area (Å²) in [6.45, 7) is 5.32. The second kappa shape index (κ2) is 6.97. The molecule has 2 aromatic rings. The van der Waals surface area contributed by atoms with Crippen LogP contribution in [0.3, 0.4) is 0 Å². The van der Waals surface area contributed by atoms with Crippen LogP contribution in [0.5, 0.6) is 0 Å². The highest BCUT2D eigenvalue weighted by molar-refractivity contribution is 5.95. The van der Waals surface area contributed by atoms with Crippen molar-refractivity contribution in [1.29, 1.82) is 0 Å². The van der Waals surface area contributed by atoms with Gasteiger partial charge in [0.2, 0.25) is 0 Å². The van der Waals surface area contributed by atoms with E-state index in [1.165, 1.54) is 5.56 Å². The molecule has 0 bridgehead atoms. The number of aryl methyl sites for hydroxylation is 1. The normalized spacial score (nSPS) is 21.2. The first-order valence-corrected chi connectivity index (χ1v) is 8.18. The van der Waals surface area contributed by atoms with Crippen molar-refractivity contribution in [3.8, 4) is 0 Å². The molecule has 1 aliphatic heterocycles. The summed E-state index contributed by atoms with van der Waals surface area (Å²) in [5.74, 6) is 0.108. The largest absolute Gasteiger partial charge is 0.371 e. The molecule has 0 radical (unpaired) electrons. The first-order chi connectivity index (χ1) is 11.1. The van der Waals surface area contributed by atoms with Gasteiger partial charge in [-0.3, -0.25) is 4.79 Å². The molecule has 2 aromatic carbocycles. The number of hydrogen-bond acceptors (Lipinski definition) is 2. The highest BCUT2D eigenvalue weighted by Gasteiger charge is 2.29. The fraction of sp³-hybridized carbons (Fsp3) is 0.350. The van der Waals surface area contributed by atoms with Gasteiger partial charge in [-0.15, -0.1) is 0 Å². The van der Waals surface area contributed by atoms with Gasteiger partial charge in [0.05, 0.1) is 12.2 Å². The van der Waals surface area contributed by atoms with Crippen molar-refractivity contribution in [2.75, 3.05) is 13.1 Å². The van der Waals surface area contributed by atoms with Crippen molar-refractivity contribution in [3.05, 3.63) is 71.3 Å². The lowest BCUT2D eigenvalue weighted by atomic mass is 10.0. The molecule has 1 amide bonds. The summed E-state index contributed by atoms with van der Waals surface area (Å²) in [6, 6.07) is 18.1. The Labute approximate surface area is 137 Å². The predicted octanol–water partition coefficient (Wildman–Crippen LogP) is 3.47. The number of ether oxygens (including phenoxy) is 1. The average Bonchev–Trinajstić information content (AvgIpc) is 2.55. The molecule has 2 unspecified atom stereocenters. The molecular weight excluding hydrogens is 286 g/mol. The molecule has 2 atom stereocenters. The SMILES string of the molecule is Cc1ccccc1C(=O)N1CC(C)OC(Cc2ccccc2)C1. The third-order valence-corrected chi connectivity index (χ3v) is 4.30. The second-order valence-electron chi connectivity index (χ2n) is 6.28. The van der Waals surface area contributed by atoms with E-state index in [1.807, 2.05) is 61.2 Å². The Morgan fingerprint density at radius 1 is 1.09 bits per heavy atom. The zero-order chi connectivity index (χ0) is 16.2. The van der Waals surface area contributed by atoms with Crippen LogP contribution < -0.4 is 0 Å². The maximum absolute atomic E-state index is 12.8. The van der Waals surface area contributed by atoms with E-state index in [-0.39, 0.29) is 18.1 Å². The van der Waals surface area contributed by atoms with E-state index in [0.29, 0.717) is 13.1 Å². The van der Waals surface area contributed by atoms with Crippen molar-refractivity contribution in [2.45, 2.75) is 32.5 Å². The maximum Gasteiger partial charge on any atom is 0.254 e. The summed E-state index contributed by atoms with van der Waals surface area (Å²) in [6.07, 6.45) is 0.947. The number of rotatable bonds is 3. The Bertz CT molecular complexity index is 668. The molecular formula is C20H23NO2. The highest BCUT2D eigenvalue weighted by atomic mass is 16.5. The van der Waals surface area contributed by atoms with E-state index in [2.05, 4.69) is 12.1 Å². The lowest BCUT2D eigenvalue weighted by molar-refractivity contribution is -0.0664. The lowest BCUT2D eigenvalue weighted by Gasteiger charge is -2.37. The quantitative estimate of drug-likeness (QED) is 0.869. The zero-order valence-corrected chi connectivity index (χ0v) is 13.7. The Morgan fingerprint density at radius 3 is 2.52 bits per heavy atom. The van der Waals surface area contributed by atoms with E-state index < -0.39 is 0 Å². The van der Waals surface area contributed by atoms with Gasteiger partial charge in [-0.1, -0.05) is 48.5 Å². The van der Waals surface area contributed by atoms with Crippen molar-refractivity contribution < 1.29 is 9.53 Å². The lowest BCUT2D eigenvalue weighted by Crippen LogP contribution is -2.50. The third-order valence-electron chi connectivity index (χ3n) is 4.30. The number of benzene rings is 2. The van der Waals surface area contributed by atoms with Gasteiger partial charge < -0.3 is 9.64 Å². The van der Waals surface area contributed by atoms with Gasteiger partial charge in [0, 0.05) is 25.1 Å². The van der Waals surface area contributed by atoms with Gasteiger partial charge >= 0.3 is 0 Å². The van der Waals surface area contributed by atoms with E-state index in [1.54, 1.807) is 0 Å². The predicted molar refractivity (Wildman–Crippen MR) is 91.6 cm³/mol. The van der Waals surface area contributed by atoms with Gasteiger partial charge in [-0.25, -0.2) is 0 Å². The van der Waals surface area contributed by atoms with Crippen LogP contribution in [0.15, 0.2) is 54.6 Å². The molecule has 0 aliphatic carbocycles. The molecule has 1 heterocycles. The molecule has 3 heteroatoms. The summed E-state index contributed by atoms with van der Waals surface area (Å²) >= 11 is 0. The van der Waals surface area contributed by atoms with E-state index >= 15 is 0 Å². The van der Waals surface area contributed by atoms with Crippen LogP contribution in [0.2, 0.25) is 0 Å². The van der Waals surface area contributed by atoms with Crippen molar-refractivity contribution in [2.24, 2.45) is 0 Å². The number of hydrogen-bond donors (Lipinski definition) is 0. The molecule has 0 spiro atoms. The van der Waals surface area contributed by atoms with Gasteiger partial charge in [0.25, 0.3) is 5.91 Å². The molecule has 1 saturated heterocycles. The molecule has 0 saturated carbocycles. The van der Waals surface area contributed by atoms with Crippen LogP contribution in [-0.4, -0.2) is 36.1 Å². The fourth-order valence-corrected chi connectivity index (χ4v) is 3.18. The molecule has 0 N–H and O–H groups in total. The number of amides is 1. The van der Waals surface area contributed by atoms with Crippen LogP contribution in [0.4, 0.5) is 0 Å². The standard InChI is InChI=1S/C20H23NO2/c1-15-8-6-7-11-19(15)20(22)21-13-16(2)23-18(14-21)12-17-9-4-3-5-10-17/h3-11,16,18H,12-14H2,1-2H3. The van der Waals surface area contributed by atoms with Crippen LogP contribution in [0.1, 0.15) is 28.4 Å². The third kappa shape index (κ3) is 3.80. The fourth-order valence-electron chi connectivity index (χ4n) is 3.18. The zero-order valence-electron chi connectivity index (χ0n) is 13.7. The molecule has 23 heavy (non-hydrogen) atoms. The molecule has 3 nitrogen and oxygen atoms in total. The van der Waals surface area contributed by atoms with Gasteiger partial charge in [-0.2, -0.15) is 0 Å². The monoisotopic (exact) mass is 309 g/mol. The summed E-state index contributed by atoms with van der Waals surface area (Å²) in [5.41, 5.74) is 3.06. The minimum absolute atomic E-state index is 0.0501. The first-order valence-electron chi connectivity index (χ1n) is 8.18. The Morgan fingerprint density at radius 2 is 1.78 bits per heavy atom. The van der Waals surface area contributed by atoms with Gasteiger partial charge in [0.15, 0.2) is 0 Å². The number of carbonyl (C=O) groups is 1. The summed E-state index contributed by atoms with van der Waals surface area (Å²) < 4.78 is 6.04. The Hall–Kier alpha value is -2.13. The highest BCUT2D eigenvalue weighted by Crippen LogP contribution is 2.19. The Kier molecular flexibility index (Phi) is 4.77. The molecule has 1 aliphatic rings. The number of carbonyl (C=O) groups excluding carboxylic acids is 1. The van der Waals surface area contributed by atoms with E-state index in [0.717, 1.165) is 17.5 Å². The van der Waals surface area contributed by atoms with Gasteiger partial charge in [0.1, 0.15) is 0 Å². The minimum Gasteiger partial charge on any atom is -0.371 e. The molecule has 3 rings (SSSR count). The van der Waals surface area contributed by atoms with E-state index in [9.17, 15) is 4.79 Å². The van der Waals surface area contributed by atoms with E-state index in [4.69, 9.17) is 4.74 Å². The summed E-state index contributed by atoms with van der Waals surface area (Å²) in [5, 5.41) is 0. The van der Waals surface area contributed by atoms with Crippen LogP contribution in [0.25, 0.3) is 0 Å². The summed E-state index contributed by atoms with van der Waals surface area (Å²) in [4.78, 5) is 14.8. The second-order valence-corrected chi connectivity index (χ2v) is 6.28. The van der Waals surface area contributed by atoms with Crippen LogP contribution in [-0.2, 0) is 11.2 Å². The topological polar surface area (TPSA) is 29.5 Å². The summed E-state index contributed by atoms with van der Waals surface area (Å²) in [7, 11) is 0. The molecule has 0 aromatic heterocycles. The van der Waals surface area contributed by atoms with Crippen molar-refractivity contribution >= 4 is 5.91 Å². The number of nitrogens with zero attached hydrogens (tertiary/aromatic N) is 1. The van der Waals surface area contributed by atoms with Gasteiger partial charge in [-0.05, 0) is 31.0 Å². The molecule has 120 valence electrons. The average molecular weight is 309 g/mol. The maximum atomic E-state index is 12.8. The minimum atomic E-state index is 0.0501. The number of morpholine rings is 1. The first kappa shape index (κ1) is 15.8. The smallest absolute Gasteiger partial charge is 0.254 e. The molecule has 1 fully saturated rings. The van der Waals surface area contributed by atoms with Crippen molar-refractivity contribution in [3.63, 3.8) is 0 Å². The Balaban J connectivity index is 1.73.